The molecule has 0 saturated heterocycles. The number of rotatable bonds is 6. The molecular weight excluding hydrogens is 286 g/mol. The highest BCUT2D eigenvalue weighted by Crippen LogP contribution is 2.29. The van der Waals surface area contributed by atoms with E-state index in [0.717, 1.165) is 11.4 Å². The Balaban J connectivity index is 1.57. The van der Waals surface area contributed by atoms with Crippen LogP contribution >= 0.6 is 11.3 Å². The van der Waals surface area contributed by atoms with Gasteiger partial charge in [-0.15, -0.1) is 11.3 Å². The molecule has 1 saturated carbocycles. The van der Waals surface area contributed by atoms with Gasteiger partial charge in [0.2, 0.25) is 0 Å². The monoisotopic (exact) mass is 303 g/mol. The first-order chi connectivity index (χ1) is 10.2. The highest BCUT2D eigenvalue weighted by molar-refractivity contribution is 7.14. The van der Waals surface area contributed by atoms with Crippen molar-refractivity contribution in [1.29, 1.82) is 0 Å². The molecule has 110 valence electrons. The summed E-state index contributed by atoms with van der Waals surface area (Å²) in [4.78, 5) is 20.6. The number of amides is 1. The van der Waals surface area contributed by atoms with Crippen LogP contribution in [0.2, 0.25) is 0 Å². The summed E-state index contributed by atoms with van der Waals surface area (Å²) >= 11 is 1.39. The van der Waals surface area contributed by atoms with E-state index in [1.807, 2.05) is 23.6 Å². The Hall–Kier alpha value is -1.79. The molecule has 1 aliphatic rings. The van der Waals surface area contributed by atoms with E-state index in [-0.39, 0.29) is 5.91 Å². The van der Waals surface area contributed by atoms with Crippen LogP contribution in [0.4, 0.5) is 5.13 Å². The summed E-state index contributed by atoms with van der Waals surface area (Å²) in [6, 6.07) is 5.66. The third-order valence-corrected chi connectivity index (χ3v) is 4.07. The summed E-state index contributed by atoms with van der Waals surface area (Å²) in [6.45, 7) is 2.44. The van der Waals surface area contributed by atoms with Crippen molar-refractivity contribution in [3.05, 3.63) is 29.8 Å². The lowest BCUT2D eigenvalue weighted by molar-refractivity contribution is -0.126. The molecule has 2 aromatic heterocycles. The second kappa shape index (κ2) is 6.32. The Labute approximate surface area is 127 Å². The first-order valence-electron chi connectivity index (χ1n) is 7.02. The van der Waals surface area contributed by atoms with Crippen molar-refractivity contribution >= 4 is 22.4 Å². The molecule has 5 nitrogen and oxygen atoms in total. The smallest absolute Gasteiger partial charge is 0.254 e. The van der Waals surface area contributed by atoms with Crippen molar-refractivity contribution in [3.63, 3.8) is 0 Å². The van der Waals surface area contributed by atoms with Gasteiger partial charge in [-0.2, -0.15) is 0 Å². The Bertz CT molecular complexity index is 610. The zero-order valence-electron chi connectivity index (χ0n) is 11.8. The van der Waals surface area contributed by atoms with Gasteiger partial charge < -0.3 is 4.74 Å². The lowest BCUT2D eigenvalue weighted by Gasteiger charge is -2.11. The van der Waals surface area contributed by atoms with Crippen LogP contribution in [0.3, 0.4) is 0 Å². The second-order valence-corrected chi connectivity index (χ2v) is 6.02. The summed E-state index contributed by atoms with van der Waals surface area (Å²) in [6.07, 6.45) is 3.70. The third-order valence-electron chi connectivity index (χ3n) is 3.31. The SMILES string of the molecule is CC(OCC1CC1)C(=O)Nc1nc(-c2ccccn2)cs1. The van der Waals surface area contributed by atoms with Crippen LogP contribution in [-0.4, -0.2) is 28.6 Å². The molecule has 6 heteroatoms. The molecule has 1 fully saturated rings. The van der Waals surface area contributed by atoms with Gasteiger partial charge in [0.1, 0.15) is 11.8 Å². The number of aromatic nitrogens is 2. The van der Waals surface area contributed by atoms with Crippen LogP contribution in [0.25, 0.3) is 11.4 Å². The largest absolute Gasteiger partial charge is 0.368 e. The van der Waals surface area contributed by atoms with Crippen molar-refractivity contribution in [2.45, 2.75) is 25.9 Å². The maximum atomic E-state index is 12.0. The highest BCUT2D eigenvalue weighted by atomic mass is 32.1. The summed E-state index contributed by atoms with van der Waals surface area (Å²) in [7, 11) is 0. The van der Waals surface area contributed by atoms with Crippen molar-refractivity contribution in [3.8, 4) is 11.4 Å². The van der Waals surface area contributed by atoms with E-state index in [0.29, 0.717) is 17.7 Å². The van der Waals surface area contributed by atoms with Crippen LogP contribution in [0.15, 0.2) is 29.8 Å². The Morgan fingerprint density at radius 2 is 2.33 bits per heavy atom. The number of nitrogens with zero attached hydrogens (tertiary/aromatic N) is 2. The Morgan fingerprint density at radius 3 is 3.05 bits per heavy atom. The molecule has 0 radical (unpaired) electrons. The molecule has 0 spiro atoms. The standard InChI is InChI=1S/C15H17N3O2S/c1-10(20-8-11-5-6-11)14(19)18-15-17-13(9-21-15)12-4-2-3-7-16-12/h2-4,7,9-11H,5-6,8H2,1H3,(H,17,18,19). The lowest BCUT2D eigenvalue weighted by atomic mass is 10.3. The Kier molecular flexibility index (Phi) is 4.26. The number of carbonyl (C=O) groups excluding carboxylic acids is 1. The van der Waals surface area contributed by atoms with Gasteiger partial charge in [0, 0.05) is 11.6 Å². The average molecular weight is 303 g/mol. The van der Waals surface area contributed by atoms with Crippen LogP contribution in [0.1, 0.15) is 19.8 Å². The minimum absolute atomic E-state index is 0.155. The van der Waals surface area contributed by atoms with Gasteiger partial charge in [-0.1, -0.05) is 6.07 Å². The molecule has 3 rings (SSSR count). The van der Waals surface area contributed by atoms with Crippen molar-refractivity contribution in [2.75, 3.05) is 11.9 Å². The summed E-state index contributed by atoms with van der Waals surface area (Å²) in [5.41, 5.74) is 1.56. The van der Waals surface area contributed by atoms with Crippen LogP contribution < -0.4 is 5.32 Å². The number of pyridine rings is 1. The van der Waals surface area contributed by atoms with Gasteiger partial charge in [0.15, 0.2) is 5.13 Å². The predicted octanol–water partition coefficient (Wildman–Crippen LogP) is 2.96. The van der Waals surface area contributed by atoms with Gasteiger partial charge in [0.25, 0.3) is 5.91 Å². The molecule has 2 aromatic rings. The molecule has 0 bridgehead atoms. The zero-order valence-corrected chi connectivity index (χ0v) is 12.6. The fraction of sp³-hybridized carbons (Fsp3) is 0.400. The number of anilines is 1. The molecule has 0 aliphatic heterocycles. The van der Waals surface area contributed by atoms with Gasteiger partial charge in [-0.3, -0.25) is 15.1 Å². The van der Waals surface area contributed by atoms with E-state index in [9.17, 15) is 4.79 Å². The fourth-order valence-corrected chi connectivity index (χ4v) is 2.52. The lowest BCUT2D eigenvalue weighted by Crippen LogP contribution is -2.28. The number of nitrogens with one attached hydrogen (secondary N) is 1. The van der Waals surface area contributed by atoms with Crippen molar-refractivity contribution in [1.82, 2.24) is 9.97 Å². The molecule has 21 heavy (non-hydrogen) atoms. The zero-order chi connectivity index (χ0) is 14.7. The summed E-state index contributed by atoms with van der Waals surface area (Å²) in [5.74, 6) is 0.494. The number of carbonyl (C=O) groups is 1. The average Bonchev–Trinajstić information content (AvgIpc) is 3.23. The van der Waals surface area contributed by atoms with Crippen molar-refractivity contribution in [2.24, 2.45) is 5.92 Å². The number of thiazole rings is 1. The predicted molar refractivity (Wildman–Crippen MR) is 82.1 cm³/mol. The highest BCUT2D eigenvalue weighted by Gasteiger charge is 2.24. The normalized spacial score (nSPS) is 15.7. The van der Waals surface area contributed by atoms with E-state index in [2.05, 4.69) is 15.3 Å². The quantitative estimate of drug-likeness (QED) is 0.891. The fourth-order valence-electron chi connectivity index (χ4n) is 1.81. The second-order valence-electron chi connectivity index (χ2n) is 5.16. The number of hydrogen-bond donors (Lipinski definition) is 1. The maximum absolute atomic E-state index is 12.0. The third kappa shape index (κ3) is 3.86. The van der Waals surface area contributed by atoms with Crippen LogP contribution in [0, 0.1) is 5.92 Å². The van der Waals surface area contributed by atoms with Gasteiger partial charge in [-0.05, 0) is 37.8 Å². The number of ether oxygens (including phenoxy) is 1. The van der Waals surface area contributed by atoms with Gasteiger partial charge in [0.05, 0.1) is 12.3 Å². The van der Waals surface area contributed by atoms with E-state index >= 15 is 0 Å². The van der Waals surface area contributed by atoms with Crippen LogP contribution in [0.5, 0.6) is 0 Å². The first kappa shape index (κ1) is 14.2. The molecular formula is C15H17N3O2S. The van der Waals surface area contributed by atoms with E-state index < -0.39 is 6.10 Å². The number of hydrogen-bond acceptors (Lipinski definition) is 5. The molecule has 1 N–H and O–H groups in total. The minimum Gasteiger partial charge on any atom is -0.368 e. The van der Waals surface area contributed by atoms with Crippen LogP contribution in [-0.2, 0) is 9.53 Å². The first-order valence-corrected chi connectivity index (χ1v) is 7.90. The van der Waals surface area contributed by atoms with E-state index in [1.54, 1.807) is 13.1 Å². The molecule has 0 aromatic carbocycles. The minimum atomic E-state index is -0.451. The molecule has 2 heterocycles. The maximum Gasteiger partial charge on any atom is 0.254 e. The summed E-state index contributed by atoms with van der Waals surface area (Å²) < 4.78 is 5.54. The molecule has 1 aliphatic carbocycles. The van der Waals surface area contributed by atoms with Crippen molar-refractivity contribution < 1.29 is 9.53 Å². The molecule has 1 amide bonds. The van der Waals surface area contributed by atoms with Gasteiger partial charge in [-0.25, -0.2) is 4.98 Å². The summed E-state index contributed by atoms with van der Waals surface area (Å²) in [5, 5.41) is 5.25. The van der Waals surface area contributed by atoms with E-state index in [4.69, 9.17) is 4.74 Å². The molecule has 1 unspecified atom stereocenters. The molecule has 1 atom stereocenters. The van der Waals surface area contributed by atoms with E-state index in [1.165, 1.54) is 24.2 Å². The Morgan fingerprint density at radius 1 is 1.48 bits per heavy atom. The topological polar surface area (TPSA) is 64.1 Å². The van der Waals surface area contributed by atoms with Gasteiger partial charge >= 0.3 is 0 Å².